The molecule has 1 unspecified atom stereocenters. The Morgan fingerprint density at radius 2 is 2.09 bits per heavy atom. The number of aromatic nitrogens is 3. The number of hydrogen-bond acceptors (Lipinski definition) is 7. The van der Waals surface area contributed by atoms with Crippen LogP contribution in [0.3, 0.4) is 0 Å². The highest BCUT2D eigenvalue weighted by molar-refractivity contribution is 5.75. The second-order valence-corrected chi connectivity index (χ2v) is 7.72. The number of nitrogens with one attached hydrogen (secondary N) is 1. The van der Waals surface area contributed by atoms with E-state index in [0.29, 0.717) is 11.8 Å². The summed E-state index contributed by atoms with van der Waals surface area (Å²) in [7, 11) is 0. The molecule has 0 amide bonds. The fourth-order valence-corrected chi connectivity index (χ4v) is 3.64. The van der Waals surface area contributed by atoms with Gasteiger partial charge in [-0.15, -0.1) is 10.2 Å². The Morgan fingerprint density at radius 1 is 1.33 bits per heavy atom. The van der Waals surface area contributed by atoms with Gasteiger partial charge in [0.1, 0.15) is 11.4 Å². The van der Waals surface area contributed by atoms with E-state index in [2.05, 4.69) is 37.1 Å². The molecule has 1 saturated heterocycles. The molecule has 3 rings (SSSR count). The number of halogens is 5. The molecule has 1 aliphatic rings. The van der Waals surface area contributed by atoms with Crippen molar-refractivity contribution in [2.75, 3.05) is 25.0 Å². The van der Waals surface area contributed by atoms with Crippen LogP contribution in [0.25, 0.3) is 17.3 Å². The molecule has 3 N–H and O–H groups in total. The molecule has 1 aromatic heterocycles. The number of likely N-dealkylation sites (tertiary alicyclic amines) is 1. The highest BCUT2D eigenvalue weighted by atomic mass is 19.4. The summed E-state index contributed by atoms with van der Waals surface area (Å²) in [5, 5.41) is 11.3. The van der Waals surface area contributed by atoms with Gasteiger partial charge in [0.15, 0.2) is 0 Å². The van der Waals surface area contributed by atoms with E-state index in [0.717, 1.165) is 44.6 Å². The molecule has 33 heavy (non-hydrogen) atoms. The van der Waals surface area contributed by atoms with Gasteiger partial charge in [-0.1, -0.05) is 6.92 Å². The van der Waals surface area contributed by atoms with Crippen molar-refractivity contribution in [3.05, 3.63) is 35.2 Å². The fourth-order valence-electron chi connectivity index (χ4n) is 3.64. The number of rotatable bonds is 7. The van der Waals surface area contributed by atoms with Crippen molar-refractivity contribution in [3.8, 4) is 17.0 Å². The van der Waals surface area contributed by atoms with Gasteiger partial charge in [0, 0.05) is 23.8 Å². The number of nitrogens with zero attached hydrogens (tertiary/aromatic N) is 4. The van der Waals surface area contributed by atoms with Crippen LogP contribution < -0.4 is 15.8 Å². The number of hydrogen-bond donors (Lipinski definition) is 2. The number of anilines is 1. The Labute approximate surface area is 187 Å². The minimum absolute atomic E-state index is 0.0337. The predicted molar refractivity (Wildman–Crippen MR) is 113 cm³/mol. The lowest BCUT2D eigenvalue weighted by molar-refractivity contribution is -0.138. The lowest BCUT2D eigenvalue weighted by Gasteiger charge is -2.32. The van der Waals surface area contributed by atoms with Crippen LogP contribution in [-0.2, 0) is 6.18 Å². The van der Waals surface area contributed by atoms with Crippen LogP contribution in [0.1, 0.15) is 37.9 Å². The number of alkyl halides is 5. The van der Waals surface area contributed by atoms with Crippen LogP contribution in [-0.4, -0.2) is 52.4 Å². The molecule has 1 aliphatic heterocycles. The van der Waals surface area contributed by atoms with E-state index >= 15 is 0 Å². The zero-order valence-electron chi connectivity index (χ0n) is 18.2. The molecular weight excluding hydrogens is 447 g/mol. The van der Waals surface area contributed by atoms with E-state index < -0.39 is 24.1 Å². The predicted octanol–water partition coefficient (Wildman–Crippen LogP) is 4.37. The van der Waals surface area contributed by atoms with Gasteiger partial charge in [0.05, 0.1) is 11.3 Å². The average molecular weight is 472 g/mol. The van der Waals surface area contributed by atoms with Gasteiger partial charge >= 0.3 is 12.8 Å². The number of piperidine rings is 1. The summed E-state index contributed by atoms with van der Waals surface area (Å²) in [6.07, 6.45) is -1.38. The van der Waals surface area contributed by atoms with Crippen molar-refractivity contribution in [1.82, 2.24) is 20.1 Å². The molecule has 7 nitrogen and oxygen atoms in total. The minimum Gasteiger partial charge on any atom is -0.434 e. The second kappa shape index (κ2) is 10.3. The first kappa shape index (κ1) is 24.6. The van der Waals surface area contributed by atoms with Crippen LogP contribution in [0.2, 0.25) is 0 Å². The lowest BCUT2D eigenvalue weighted by Crippen LogP contribution is -2.42. The van der Waals surface area contributed by atoms with Crippen molar-refractivity contribution in [2.24, 2.45) is 5.73 Å². The average Bonchev–Trinajstić information content (AvgIpc) is 2.73. The first-order chi connectivity index (χ1) is 15.6. The molecule has 1 aromatic carbocycles. The summed E-state index contributed by atoms with van der Waals surface area (Å²) >= 11 is 0. The topological polar surface area (TPSA) is 89.2 Å². The molecule has 2 heterocycles. The van der Waals surface area contributed by atoms with Crippen LogP contribution in [0, 0.1) is 0 Å². The zero-order chi connectivity index (χ0) is 24.2. The summed E-state index contributed by atoms with van der Waals surface area (Å²) in [6, 6.07) is 2.35. The third-order valence-corrected chi connectivity index (χ3v) is 5.14. The highest BCUT2D eigenvalue weighted by Gasteiger charge is 2.32. The third-order valence-electron chi connectivity index (χ3n) is 5.14. The molecule has 1 atom stereocenters. The maximum Gasteiger partial charge on any atom is 0.416 e. The molecule has 0 saturated carbocycles. The van der Waals surface area contributed by atoms with E-state index in [9.17, 15) is 22.0 Å². The molecule has 12 heteroatoms. The number of ether oxygens (including phenoxy) is 1. The zero-order valence-corrected chi connectivity index (χ0v) is 18.2. The first-order valence-electron chi connectivity index (χ1n) is 10.4. The summed E-state index contributed by atoms with van der Waals surface area (Å²) in [6.45, 7) is 3.05. The van der Waals surface area contributed by atoms with Crippen molar-refractivity contribution in [3.63, 3.8) is 0 Å². The van der Waals surface area contributed by atoms with Crippen molar-refractivity contribution < 1.29 is 26.7 Å². The quantitative estimate of drug-likeness (QED) is 0.579. The van der Waals surface area contributed by atoms with Gasteiger partial charge < -0.3 is 20.7 Å². The lowest BCUT2D eigenvalue weighted by atomic mass is 10.0. The molecule has 0 spiro atoms. The largest absolute Gasteiger partial charge is 0.434 e. The van der Waals surface area contributed by atoms with E-state index in [-0.39, 0.29) is 28.9 Å². The SMILES string of the molecule is CCN1CCCC(Nc2nnc(-c3ccc(C(F)(F)F)cc3OC(F)F)c(/C=C(/C)N)n2)C1. The van der Waals surface area contributed by atoms with E-state index in [1.165, 1.54) is 6.08 Å². The normalized spacial score (nSPS) is 17.9. The van der Waals surface area contributed by atoms with Gasteiger partial charge in [-0.3, -0.25) is 0 Å². The third kappa shape index (κ3) is 6.50. The number of benzene rings is 1. The molecule has 0 aliphatic carbocycles. The van der Waals surface area contributed by atoms with Gasteiger partial charge in [-0.2, -0.15) is 22.0 Å². The molecular formula is C21H25F5N6O. The maximum atomic E-state index is 13.1. The standard InChI is InChI=1S/C21H25F5N6O/c1-3-32-8-4-5-14(11-32)28-20-29-16(9-12(2)27)18(30-31-20)15-7-6-13(21(24,25)26)10-17(15)33-19(22)23/h6-7,9-10,14,19H,3-5,8,11,27H2,1-2H3,(H,28,29,31)/b12-9-. The summed E-state index contributed by atoms with van der Waals surface area (Å²) in [5.74, 6) is -0.482. The van der Waals surface area contributed by atoms with E-state index in [1.807, 2.05) is 0 Å². The van der Waals surface area contributed by atoms with E-state index in [1.54, 1.807) is 6.92 Å². The number of nitrogens with two attached hydrogens (primary N) is 1. The molecule has 1 fully saturated rings. The van der Waals surface area contributed by atoms with Crippen LogP contribution in [0.5, 0.6) is 5.75 Å². The van der Waals surface area contributed by atoms with E-state index in [4.69, 9.17) is 5.73 Å². The summed E-state index contributed by atoms with van der Waals surface area (Å²) in [4.78, 5) is 6.68. The van der Waals surface area contributed by atoms with Crippen molar-refractivity contribution in [2.45, 2.75) is 45.5 Å². The Morgan fingerprint density at radius 3 is 2.73 bits per heavy atom. The second-order valence-electron chi connectivity index (χ2n) is 7.72. The molecule has 0 bridgehead atoms. The Hall–Kier alpha value is -3.02. The maximum absolute atomic E-state index is 13.1. The summed E-state index contributed by atoms with van der Waals surface area (Å²) < 4.78 is 69.5. The minimum atomic E-state index is -4.74. The Balaban J connectivity index is 2.01. The van der Waals surface area contributed by atoms with Crippen LogP contribution >= 0.6 is 0 Å². The van der Waals surface area contributed by atoms with Crippen molar-refractivity contribution >= 4 is 12.0 Å². The van der Waals surface area contributed by atoms with Crippen molar-refractivity contribution in [1.29, 1.82) is 0 Å². The van der Waals surface area contributed by atoms with Gasteiger partial charge in [0.25, 0.3) is 0 Å². The van der Waals surface area contributed by atoms with Gasteiger partial charge in [-0.25, -0.2) is 4.98 Å². The highest BCUT2D eigenvalue weighted by Crippen LogP contribution is 2.38. The summed E-state index contributed by atoms with van der Waals surface area (Å²) in [5.41, 5.74) is 5.00. The Bertz CT molecular complexity index is 994. The van der Waals surface area contributed by atoms with Gasteiger partial charge in [0.2, 0.25) is 5.95 Å². The molecule has 0 radical (unpaired) electrons. The smallest absolute Gasteiger partial charge is 0.416 e. The Kier molecular flexibility index (Phi) is 7.67. The molecule has 180 valence electrons. The fraction of sp³-hybridized carbons (Fsp3) is 0.476. The van der Waals surface area contributed by atoms with Crippen LogP contribution in [0.4, 0.5) is 27.9 Å². The number of likely N-dealkylation sites (N-methyl/N-ethyl adjacent to an activating group) is 1. The molecule has 2 aromatic rings. The van der Waals surface area contributed by atoms with Gasteiger partial charge in [-0.05, 0) is 57.1 Å². The number of allylic oxidation sites excluding steroid dienone is 1. The van der Waals surface area contributed by atoms with Crippen LogP contribution in [0.15, 0.2) is 23.9 Å². The first-order valence-corrected chi connectivity index (χ1v) is 10.4. The monoisotopic (exact) mass is 472 g/mol.